The molecule has 1 aliphatic rings. The van der Waals surface area contributed by atoms with Crippen LogP contribution < -0.4 is 14.2 Å². The third kappa shape index (κ3) is 9.93. The molecule has 7 rings (SSSR count). The molecule has 334 valence electrons. The Morgan fingerprint density at radius 3 is 1.83 bits per heavy atom. The summed E-state index contributed by atoms with van der Waals surface area (Å²) in [4.78, 5) is 26.5. The Morgan fingerprint density at radius 2 is 1.31 bits per heavy atom. The summed E-state index contributed by atoms with van der Waals surface area (Å²) in [5.74, 6) is 1.56. The highest BCUT2D eigenvalue weighted by molar-refractivity contribution is 7.94. The second-order valence-electron chi connectivity index (χ2n) is 16.1. The molecule has 1 aromatic heterocycles. The van der Waals surface area contributed by atoms with Crippen LogP contribution in [0.15, 0.2) is 119 Å². The molecule has 1 amide bonds. The zero-order valence-electron chi connectivity index (χ0n) is 36.2. The lowest BCUT2D eigenvalue weighted by Crippen LogP contribution is -2.57. The summed E-state index contributed by atoms with van der Waals surface area (Å²) in [5.41, 5.74) is 1.86. The maximum atomic E-state index is 15.9. The number of carbonyl (C=O) groups excluding carboxylic acids is 2. The number of amides is 1. The molecule has 0 unspecified atom stereocenters. The minimum Gasteiger partial charge on any atom is -0.497 e. The first-order chi connectivity index (χ1) is 30.5. The Hall–Kier alpha value is -6.63. The zero-order valence-corrected chi connectivity index (χ0v) is 37.8. The molecule has 0 saturated carbocycles. The quantitative estimate of drug-likeness (QED) is 0.0937. The Kier molecular flexibility index (Phi) is 13.2. The molecule has 0 bridgehead atoms. The molecule has 0 radical (unpaired) electrons. The Balaban J connectivity index is 1.46. The van der Waals surface area contributed by atoms with Crippen molar-refractivity contribution in [2.45, 2.75) is 61.0 Å². The summed E-state index contributed by atoms with van der Waals surface area (Å²) in [6.45, 7) is 4.35. The van der Waals surface area contributed by atoms with E-state index in [4.69, 9.17) is 18.9 Å². The van der Waals surface area contributed by atoms with Gasteiger partial charge < -0.3 is 23.8 Å². The third-order valence-electron chi connectivity index (χ3n) is 10.5. The van der Waals surface area contributed by atoms with E-state index in [9.17, 15) is 9.59 Å². The van der Waals surface area contributed by atoms with Crippen LogP contribution >= 0.6 is 0 Å². The number of aromatic nitrogens is 4. The van der Waals surface area contributed by atoms with Gasteiger partial charge in [0.1, 0.15) is 39.3 Å². The van der Waals surface area contributed by atoms with Crippen molar-refractivity contribution in [3.63, 3.8) is 0 Å². The molecule has 2 heterocycles. The summed E-state index contributed by atoms with van der Waals surface area (Å²) in [6, 6.07) is 30.1. The number of nitrogens with zero attached hydrogens (tertiary/aromatic N) is 6. The van der Waals surface area contributed by atoms with Crippen molar-refractivity contribution in [2.75, 3.05) is 34.4 Å². The highest BCUT2D eigenvalue weighted by atomic mass is 32.2. The Labute approximate surface area is 372 Å². The van der Waals surface area contributed by atoms with Gasteiger partial charge in [0.15, 0.2) is 9.84 Å². The zero-order chi connectivity index (χ0) is 45.8. The molecular weight excluding hydrogens is 861 g/mol. The summed E-state index contributed by atoms with van der Waals surface area (Å²) >= 11 is 0. The van der Waals surface area contributed by atoms with Crippen molar-refractivity contribution in [1.29, 1.82) is 0 Å². The highest BCUT2D eigenvalue weighted by Gasteiger charge is 2.46. The first-order valence-electron chi connectivity index (χ1n) is 20.1. The number of tetrazole rings is 1. The van der Waals surface area contributed by atoms with Crippen molar-refractivity contribution < 1.29 is 45.4 Å². The number of hydrogen-bond acceptors (Lipinski definition) is 13. The van der Waals surface area contributed by atoms with Crippen LogP contribution in [0.1, 0.15) is 47.8 Å². The Morgan fingerprint density at radius 1 is 0.766 bits per heavy atom. The molecular formula is C46H48N6O10S2. The molecule has 16 nitrogen and oxygen atoms in total. The van der Waals surface area contributed by atoms with E-state index in [0.717, 1.165) is 5.56 Å². The van der Waals surface area contributed by atoms with Crippen LogP contribution in [0.5, 0.6) is 17.2 Å². The molecule has 0 aliphatic carbocycles. The van der Waals surface area contributed by atoms with Gasteiger partial charge in [-0.25, -0.2) is 21.6 Å². The van der Waals surface area contributed by atoms with E-state index in [0.29, 0.717) is 40.2 Å². The fourth-order valence-corrected chi connectivity index (χ4v) is 11.2. The van der Waals surface area contributed by atoms with Gasteiger partial charge in [-0.2, -0.15) is 9.10 Å². The monoisotopic (exact) mass is 908 g/mol. The maximum Gasteiger partial charge on any atom is 0.410 e. The first kappa shape index (κ1) is 45.4. The summed E-state index contributed by atoms with van der Waals surface area (Å²) in [6.07, 6.45) is -0.0395. The molecule has 18 heteroatoms. The van der Waals surface area contributed by atoms with E-state index >= 15 is 16.8 Å². The van der Waals surface area contributed by atoms with Gasteiger partial charge in [-0.1, -0.05) is 60.7 Å². The summed E-state index contributed by atoms with van der Waals surface area (Å²) in [5, 5.41) is 12.1. The highest BCUT2D eigenvalue weighted by Crippen LogP contribution is 2.43. The van der Waals surface area contributed by atoms with E-state index in [1.54, 1.807) is 113 Å². The molecule has 5 aromatic carbocycles. The standard InChI is InChI=1S/C46H48N6O10S2/c1-46(2,3)62-45(54)50-28-39(29-50)63(55,56)41-23-22-40(35-9-7-8-34(24-35)30-53)42(44-47-49-52(48-44)27-33-14-20-38(61-6)21-15-33)43(41)64(57,58)51(25-31-10-16-36(59-4)17-11-31)26-32-12-18-37(60-5)19-13-32/h7-24,30,39H,25-29H2,1-6H3. The van der Waals surface area contributed by atoms with Crippen molar-refractivity contribution in [3.05, 3.63) is 131 Å². The van der Waals surface area contributed by atoms with Gasteiger partial charge in [-0.3, -0.25) is 4.79 Å². The molecule has 6 aromatic rings. The van der Waals surface area contributed by atoms with Crippen LogP contribution in [0.3, 0.4) is 0 Å². The number of sulfonamides is 1. The second-order valence-corrected chi connectivity index (χ2v) is 20.1. The van der Waals surface area contributed by atoms with Gasteiger partial charge >= 0.3 is 6.09 Å². The number of aldehydes is 1. The van der Waals surface area contributed by atoms with E-state index in [1.165, 1.54) is 40.4 Å². The normalized spacial score (nSPS) is 13.3. The van der Waals surface area contributed by atoms with Gasteiger partial charge in [0.05, 0.1) is 38.3 Å². The van der Waals surface area contributed by atoms with Crippen LogP contribution in [0, 0.1) is 0 Å². The third-order valence-corrected chi connectivity index (χ3v) is 14.6. The number of hydrogen-bond donors (Lipinski definition) is 0. The fraction of sp³-hybridized carbons (Fsp3) is 0.283. The molecule has 0 atom stereocenters. The van der Waals surface area contributed by atoms with Crippen molar-refractivity contribution in [2.24, 2.45) is 0 Å². The molecule has 0 spiro atoms. The number of likely N-dealkylation sites (tertiary alicyclic amines) is 1. The number of sulfone groups is 1. The SMILES string of the molecule is COc1ccc(CN(Cc2ccc(OC)cc2)S(=O)(=O)c2c(S(=O)(=O)C3CN(C(=O)OC(C)(C)C)C3)ccc(-c3cccc(C=O)c3)c2-c2nnn(Cc3ccc(OC)cc3)n2)cc1. The molecule has 64 heavy (non-hydrogen) atoms. The van der Waals surface area contributed by atoms with Gasteiger partial charge in [-0.15, -0.1) is 10.2 Å². The van der Waals surface area contributed by atoms with Crippen LogP contribution in [0.2, 0.25) is 0 Å². The fourth-order valence-electron chi connectivity index (χ4n) is 7.10. The van der Waals surface area contributed by atoms with E-state index < -0.39 is 46.6 Å². The smallest absolute Gasteiger partial charge is 0.410 e. The first-order valence-corrected chi connectivity index (χ1v) is 23.1. The minimum atomic E-state index is -4.91. The lowest BCUT2D eigenvalue weighted by atomic mass is 9.97. The van der Waals surface area contributed by atoms with Crippen LogP contribution in [-0.4, -0.2) is 104 Å². The largest absolute Gasteiger partial charge is 0.497 e. The van der Waals surface area contributed by atoms with Crippen LogP contribution in [-0.2, 0) is 44.2 Å². The average Bonchev–Trinajstić information content (AvgIpc) is 3.73. The topological polar surface area (TPSA) is 189 Å². The van der Waals surface area contributed by atoms with Gasteiger partial charge in [-0.05, 0) is 102 Å². The number of methoxy groups -OCH3 is 3. The number of rotatable bonds is 16. The lowest BCUT2D eigenvalue weighted by molar-refractivity contribution is 0.0138. The van der Waals surface area contributed by atoms with Crippen LogP contribution in [0.4, 0.5) is 4.79 Å². The molecule has 1 fully saturated rings. The molecule has 1 aliphatic heterocycles. The predicted molar refractivity (Wildman–Crippen MR) is 237 cm³/mol. The van der Waals surface area contributed by atoms with Crippen molar-refractivity contribution in [3.8, 4) is 39.8 Å². The molecule has 1 saturated heterocycles. The van der Waals surface area contributed by atoms with Gasteiger partial charge in [0.25, 0.3) is 0 Å². The van der Waals surface area contributed by atoms with Gasteiger partial charge in [0.2, 0.25) is 15.8 Å². The summed E-state index contributed by atoms with van der Waals surface area (Å²) in [7, 11) is -4.87. The van der Waals surface area contributed by atoms with E-state index in [1.807, 2.05) is 12.1 Å². The Bertz CT molecular complexity index is 2810. The minimum absolute atomic E-state index is 0.122. The maximum absolute atomic E-state index is 15.9. The average molecular weight is 909 g/mol. The van der Waals surface area contributed by atoms with Gasteiger partial charge in [0, 0.05) is 31.7 Å². The number of ether oxygens (including phenoxy) is 4. The second kappa shape index (κ2) is 18.6. The van der Waals surface area contributed by atoms with Crippen LogP contribution in [0.25, 0.3) is 22.5 Å². The van der Waals surface area contributed by atoms with E-state index in [2.05, 4.69) is 15.4 Å². The van der Waals surface area contributed by atoms with Crippen molar-refractivity contribution in [1.82, 2.24) is 29.4 Å². The van der Waals surface area contributed by atoms with E-state index in [-0.39, 0.29) is 55.2 Å². The van der Waals surface area contributed by atoms with Crippen molar-refractivity contribution >= 4 is 32.2 Å². The number of benzene rings is 5. The number of carbonyl (C=O) groups is 2. The summed E-state index contributed by atoms with van der Waals surface area (Å²) < 4.78 is 84.7. The predicted octanol–water partition coefficient (Wildman–Crippen LogP) is 6.68. The molecule has 0 N–H and O–H groups in total. The lowest BCUT2D eigenvalue weighted by Gasteiger charge is -2.39.